The van der Waals surface area contributed by atoms with Crippen LogP contribution in [0.25, 0.3) is 0 Å². The number of nitrogens with zero attached hydrogens (tertiary/aromatic N) is 1. The third-order valence-electron chi connectivity index (χ3n) is 4.12. The Morgan fingerprint density at radius 2 is 0.690 bits per heavy atom. The topological polar surface area (TPSA) is 115 Å². The first-order chi connectivity index (χ1) is 13.4. The summed E-state index contributed by atoms with van der Waals surface area (Å²) in [5.41, 5.74) is 2.30. The molecule has 0 saturated carbocycles. The van der Waals surface area contributed by atoms with Gasteiger partial charge in [-0.15, -0.1) is 0 Å². The molecular formula is C21H15CuNO6+2. The van der Waals surface area contributed by atoms with Crippen LogP contribution in [-0.2, 0) is 17.1 Å². The molecule has 0 atom stereocenters. The van der Waals surface area contributed by atoms with Gasteiger partial charge >= 0.3 is 35.0 Å². The molecular weight excluding hydrogens is 426 g/mol. The summed E-state index contributed by atoms with van der Waals surface area (Å²) in [6.07, 6.45) is 0. The minimum Gasteiger partial charge on any atom is -0.478 e. The van der Waals surface area contributed by atoms with E-state index in [2.05, 4.69) is 0 Å². The smallest absolute Gasteiger partial charge is 0.478 e. The predicted molar refractivity (Wildman–Crippen MR) is 102 cm³/mol. The molecule has 3 aromatic rings. The molecule has 0 bridgehead atoms. The molecule has 7 nitrogen and oxygen atoms in total. The number of benzene rings is 3. The maximum Gasteiger partial charge on any atom is 2.00 e. The van der Waals surface area contributed by atoms with Gasteiger partial charge in [-0.1, -0.05) is 0 Å². The molecule has 0 fully saturated rings. The second kappa shape index (κ2) is 9.05. The fourth-order valence-corrected chi connectivity index (χ4v) is 2.71. The van der Waals surface area contributed by atoms with Gasteiger partial charge in [0.15, 0.2) is 0 Å². The van der Waals surface area contributed by atoms with Gasteiger partial charge < -0.3 is 20.2 Å². The molecule has 0 spiro atoms. The van der Waals surface area contributed by atoms with Gasteiger partial charge in [0, 0.05) is 17.1 Å². The summed E-state index contributed by atoms with van der Waals surface area (Å²) >= 11 is 0. The van der Waals surface area contributed by atoms with Crippen LogP contribution in [-0.4, -0.2) is 33.2 Å². The van der Waals surface area contributed by atoms with E-state index < -0.39 is 17.9 Å². The van der Waals surface area contributed by atoms with Crippen LogP contribution in [0, 0.1) is 0 Å². The molecule has 0 saturated heterocycles. The zero-order valence-corrected chi connectivity index (χ0v) is 15.7. The summed E-state index contributed by atoms with van der Waals surface area (Å²) in [7, 11) is 0. The summed E-state index contributed by atoms with van der Waals surface area (Å²) in [6, 6.07) is 18.5. The standard InChI is InChI=1S/C21H15NO6.Cu/c23-19(24)13-1-7-16(8-2-13)22(17-9-3-14(4-10-17)20(25)26)18-11-5-15(6-12-18)21(27)28;/h1-12H,(H,23,24)(H,25,26)(H,27,28);/q;+2. The zero-order valence-electron chi connectivity index (χ0n) is 14.7. The molecule has 0 amide bonds. The van der Waals surface area contributed by atoms with Gasteiger partial charge in [0.05, 0.1) is 16.7 Å². The Kier molecular flexibility index (Phi) is 6.77. The Balaban J connectivity index is 0.00000300. The SMILES string of the molecule is O=C(O)c1ccc(N(c2ccc(C(=O)O)cc2)c2ccc(C(=O)O)cc2)cc1.[Cu+2]. The predicted octanol–water partition coefficient (Wildman–Crippen LogP) is 4.25. The van der Waals surface area contributed by atoms with E-state index in [4.69, 9.17) is 15.3 Å². The number of rotatable bonds is 6. The first-order valence-corrected chi connectivity index (χ1v) is 8.17. The van der Waals surface area contributed by atoms with Crippen LogP contribution >= 0.6 is 0 Å². The number of carboxylic acid groups (broad SMARTS) is 3. The number of carboxylic acids is 3. The quantitative estimate of drug-likeness (QED) is 0.491. The molecule has 29 heavy (non-hydrogen) atoms. The minimum absolute atomic E-state index is 0. The van der Waals surface area contributed by atoms with E-state index in [0.29, 0.717) is 17.1 Å². The van der Waals surface area contributed by atoms with E-state index >= 15 is 0 Å². The third kappa shape index (κ3) is 4.82. The molecule has 0 heterocycles. The van der Waals surface area contributed by atoms with Crippen LogP contribution < -0.4 is 4.90 Å². The molecule has 3 aromatic carbocycles. The maximum absolute atomic E-state index is 11.1. The molecule has 0 aromatic heterocycles. The molecule has 0 unspecified atom stereocenters. The zero-order chi connectivity index (χ0) is 20.3. The Bertz CT molecular complexity index is 894. The number of hydrogen-bond donors (Lipinski definition) is 3. The molecule has 3 N–H and O–H groups in total. The van der Waals surface area contributed by atoms with E-state index in [-0.39, 0.29) is 33.8 Å². The van der Waals surface area contributed by atoms with Gasteiger partial charge in [0.25, 0.3) is 0 Å². The molecule has 0 aliphatic carbocycles. The van der Waals surface area contributed by atoms with Crippen molar-refractivity contribution < 1.29 is 46.8 Å². The second-order valence-electron chi connectivity index (χ2n) is 5.89. The van der Waals surface area contributed by atoms with Crippen molar-refractivity contribution in [1.82, 2.24) is 0 Å². The fourth-order valence-electron chi connectivity index (χ4n) is 2.71. The van der Waals surface area contributed by atoms with Crippen LogP contribution in [0.1, 0.15) is 31.1 Å². The van der Waals surface area contributed by atoms with E-state index in [9.17, 15) is 14.4 Å². The average Bonchev–Trinajstić information content (AvgIpc) is 2.69. The Labute approximate surface area is 176 Å². The van der Waals surface area contributed by atoms with Crippen molar-refractivity contribution in [2.45, 2.75) is 0 Å². The van der Waals surface area contributed by atoms with E-state index in [1.807, 2.05) is 0 Å². The van der Waals surface area contributed by atoms with Crippen LogP contribution in [0.5, 0.6) is 0 Å². The number of carbonyl (C=O) groups is 3. The van der Waals surface area contributed by atoms with Crippen LogP contribution in [0.15, 0.2) is 72.8 Å². The van der Waals surface area contributed by atoms with Crippen LogP contribution in [0.2, 0.25) is 0 Å². The molecule has 8 heteroatoms. The summed E-state index contributed by atoms with van der Waals surface area (Å²) < 4.78 is 0. The van der Waals surface area contributed by atoms with Crippen LogP contribution in [0.3, 0.4) is 0 Å². The summed E-state index contributed by atoms with van der Waals surface area (Å²) in [6.45, 7) is 0. The van der Waals surface area contributed by atoms with E-state index in [1.54, 1.807) is 41.3 Å². The normalized spacial score (nSPS) is 9.93. The van der Waals surface area contributed by atoms with Gasteiger partial charge in [-0.2, -0.15) is 0 Å². The maximum atomic E-state index is 11.1. The Hall–Kier alpha value is -3.61. The van der Waals surface area contributed by atoms with Crippen LogP contribution in [0.4, 0.5) is 17.1 Å². The summed E-state index contributed by atoms with van der Waals surface area (Å²) in [5.74, 6) is -3.14. The van der Waals surface area contributed by atoms with Gasteiger partial charge in [-0.3, -0.25) is 0 Å². The molecule has 149 valence electrons. The van der Waals surface area contributed by atoms with Crippen molar-refractivity contribution in [3.05, 3.63) is 89.5 Å². The largest absolute Gasteiger partial charge is 2.00 e. The monoisotopic (exact) mass is 440 g/mol. The van der Waals surface area contributed by atoms with Gasteiger partial charge in [-0.25, -0.2) is 14.4 Å². The first kappa shape index (κ1) is 21.7. The number of aromatic carboxylic acids is 3. The van der Waals surface area contributed by atoms with E-state index in [1.165, 1.54) is 36.4 Å². The van der Waals surface area contributed by atoms with Crippen molar-refractivity contribution in [3.63, 3.8) is 0 Å². The van der Waals surface area contributed by atoms with Crippen molar-refractivity contribution in [2.24, 2.45) is 0 Å². The third-order valence-corrected chi connectivity index (χ3v) is 4.12. The second-order valence-corrected chi connectivity index (χ2v) is 5.89. The molecule has 3 rings (SSSR count). The Morgan fingerprint density at radius 3 is 0.862 bits per heavy atom. The van der Waals surface area contributed by atoms with Gasteiger partial charge in [0.1, 0.15) is 0 Å². The van der Waals surface area contributed by atoms with Gasteiger partial charge in [-0.05, 0) is 72.8 Å². The number of anilines is 3. The van der Waals surface area contributed by atoms with E-state index in [0.717, 1.165) is 0 Å². The summed E-state index contributed by atoms with van der Waals surface area (Å²) in [5, 5.41) is 27.3. The van der Waals surface area contributed by atoms with Crippen molar-refractivity contribution in [3.8, 4) is 0 Å². The van der Waals surface area contributed by atoms with Crippen molar-refractivity contribution >= 4 is 35.0 Å². The molecule has 0 aliphatic heterocycles. The fraction of sp³-hybridized carbons (Fsp3) is 0. The first-order valence-electron chi connectivity index (χ1n) is 8.17. The molecule has 0 aliphatic rings. The average molecular weight is 441 g/mol. The Morgan fingerprint density at radius 1 is 0.483 bits per heavy atom. The molecule has 1 radical (unpaired) electrons. The van der Waals surface area contributed by atoms with Crippen molar-refractivity contribution in [2.75, 3.05) is 4.90 Å². The van der Waals surface area contributed by atoms with Crippen molar-refractivity contribution in [1.29, 1.82) is 0 Å². The minimum atomic E-state index is -1.05. The van der Waals surface area contributed by atoms with Gasteiger partial charge in [0.2, 0.25) is 0 Å². The summed E-state index contributed by atoms with van der Waals surface area (Å²) in [4.78, 5) is 35.1. The number of hydrogen-bond acceptors (Lipinski definition) is 4.